The second-order valence-electron chi connectivity index (χ2n) is 3.62. The van der Waals surface area contributed by atoms with E-state index in [1.165, 1.54) is 18.2 Å². The molecule has 0 saturated carbocycles. The van der Waals surface area contributed by atoms with Crippen LogP contribution >= 0.6 is 0 Å². The molecule has 6 heteroatoms. The van der Waals surface area contributed by atoms with Gasteiger partial charge in [0.15, 0.2) is 9.84 Å². The van der Waals surface area contributed by atoms with Crippen LogP contribution in [0.15, 0.2) is 29.2 Å². The van der Waals surface area contributed by atoms with Crippen molar-refractivity contribution in [2.45, 2.75) is 10.3 Å². The van der Waals surface area contributed by atoms with Gasteiger partial charge in [0.25, 0.3) is 0 Å². The number of benzene rings is 1. The van der Waals surface area contributed by atoms with Gasteiger partial charge in [0.05, 0.1) is 0 Å². The lowest BCUT2D eigenvalue weighted by Gasteiger charge is -2.24. The summed E-state index contributed by atoms with van der Waals surface area (Å²) < 4.78 is 37.5. The molecule has 1 saturated heterocycles. The van der Waals surface area contributed by atoms with Crippen molar-refractivity contribution in [3.05, 3.63) is 30.1 Å². The van der Waals surface area contributed by atoms with Gasteiger partial charge < -0.3 is 5.32 Å². The average molecular weight is 244 g/mol. The number of hydrogen-bond acceptors (Lipinski definition) is 4. The van der Waals surface area contributed by atoms with Crippen molar-refractivity contribution in [3.8, 4) is 0 Å². The van der Waals surface area contributed by atoms with Crippen molar-refractivity contribution in [2.24, 2.45) is 0 Å². The Morgan fingerprint density at radius 2 is 2.00 bits per heavy atom. The summed E-state index contributed by atoms with van der Waals surface area (Å²) >= 11 is 0. The quantitative estimate of drug-likeness (QED) is 0.776. The van der Waals surface area contributed by atoms with E-state index in [2.05, 4.69) is 10.6 Å². The normalized spacial score (nSPS) is 21.9. The topological polar surface area (TPSA) is 58.2 Å². The third-order valence-corrected chi connectivity index (χ3v) is 4.55. The summed E-state index contributed by atoms with van der Waals surface area (Å²) in [5.74, 6) is -0.699. The Labute approximate surface area is 93.8 Å². The number of rotatable bonds is 2. The van der Waals surface area contributed by atoms with E-state index in [1.807, 2.05) is 0 Å². The highest BCUT2D eigenvalue weighted by Gasteiger charge is 2.30. The molecular weight excluding hydrogens is 231 g/mol. The fraction of sp³-hybridized carbons (Fsp3) is 0.400. The molecule has 1 aromatic carbocycles. The highest BCUT2D eigenvalue weighted by atomic mass is 32.2. The van der Waals surface area contributed by atoms with E-state index in [-0.39, 0.29) is 4.90 Å². The van der Waals surface area contributed by atoms with E-state index in [9.17, 15) is 12.8 Å². The molecule has 0 amide bonds. The molecule has 16 heavy (non-hydrogen) atoms. The zero-order valence-corrected chi connectivity index (χ0v) is 9.43. The Bertz CT molecular complexity index is 469. The van der Waals surface area contributed by atoms with Crippen LogP contribution in [-0.2, 0) is 9.84 Å². The van der Waals surface area contributed by atoms with Crippen LogP contribution in [0.2, 0.25) is 0 Å². The average Bonchev–Trinajstić information content (AvgIpc) is 2.30. The van der Waals surface area contributed by atoms with Crippen LogP contribution in [0.5, 0.6) is 0 Å². The lowest BCUT2D eigenvalue weighted by molar-refractivity contribution is 0.471. The molecule has 0 aliphatic carbocycles. The fourth-order valence-corrected chi connectivity index (χ4v) is 3.26. The van der Waals surface area contributed by atoms with Crippen molar-refractivity contribution in [2.75, 3.05) is 19.6 Å². The third kappa shape index (κ3) is 2.09. The molecule has 0 radical (unpaired) electrons. The van der Waals surface area contributed by atoms with E-state index in [4.69, 9.17) is 0 Å². The maximum Gasteiger partial charge on any atom is 0.198 e. The summed E-state index contributed by atoms with van der Waals surface area (Å²) in [6.45, 7) is 1.60. The summed E-state index contributed by atoms with van der Waals surface area (Å²) in [7, 11) is -3.64. The largest absolute Gasteiger partial charge is 0.313 e. The first kappa shape index (κ1) is 11.5. The molecule has 1 fully saturated rings. The van der Waals surface area contributed by atoms with E-state index in [0.29, 0.717) is 13.1 Å². The minimum absolute atomic E-state index is 0.240. The standard InChI is InChI=1S/C10H13FN2O2S/c11-8-3-1-2-4-9(8)16(14,15)10-7-12-5-6-13-10/h1-4,10,12-13H,5-7H2. The molecule has 0 aromatic heterocycles. The highest BCUT2D eigenvalue weighted by molar-refractivity contribution is 7.92. The molecule has 2 N–H and O–H groups in total. The first-order valence-corrected chi connectivity index (χ1v) is 6.59. The predicted octanol–water partition coefficient (Wildman–Crippen LogP) is 0.118. The second kappa shape index (κ2) is 4.48. The van der Waals surface area contributed by atoms with Crippen LogP contribution in [0.25, 0.3) is 0 Å². The Kier molecular flexibility index (Phi) is 3.22. The molecule has 0 spiro atoms. The Balaban J connectivity index is 2.35. The Morgan fingerprint density at radius 1 is 1.25 bits per heavy atom. The molecule has 1 aromatic rings. The van der Waals surface area contributed by atoms with E-state index < -0.39 is 21.0 Å². The molecule has 1 aliphatic heterocycles. The number of halogens is 1. The van der Waals surface area contributed by atoms with Gasteiger partial charge in [-0.25, -0.2) is 12.8 Å². The molecular formula is C10H13FN2O2S. The summed E-state index contributed by atoms with van der Waals surface area (Å²) in [6.07, 6.45) is 0. The number of hydrogen-bond donors (Lipinski definition) is 2. The van der Waals surface area contributed by atoms with E-state index in [0.717, 1.165) is 12.6 Å². The van der Waals surface area contributed by atoms with Crippen LogP contribution in [0.4, 0.5) is 4.39 Å². The Hall–Kier alpha value is -0.980. The van der Waals surface area contributed by atoms with Gasteiger partial charge in [-0.1, -0.05) is 12.1 Å². The summed E-state index contributed by atoms with van der Waals surface area (Å²) in [6, 6.07) is 5.44. The highest BCUT2D eigenvalue weighted by Crippen LogP contribution is 2.18. The molecule has 2 rings (SSSR count). The van der Waals surface area contributed by atoms with E-state index >= 15 is 0 Å². The van der Waals surface area contributed by atoms with Crippen LogP contribution < -0.4 is 10.6 Å². The molecule has 88 valence electrons. The lowest BCUT2D eigenvalue weighted by atomic mass is 10.3. The number of sulfone groups is 1. The van der Waals surface area contributed by atoms with Crippen molar-refractivity contribution in [1.82, 2.24) is 10.6 Å². The second-order valence-corrected chi connectivity index (χ2v) is 5.72. The van der Waals surface area contributed by atoms with Gasteiger partial charge in [0, 0.05) is 19.6 Å². The summed E-state index contributed by atoms with van der Waals surface area (Å²) in [5.41, 5.74) is 0. The van der Waals surface area contributed by atoms with Gasteiger partial charge in [-0.05, 0) is 12.1 Å². The van der Waals surface area contributed by atoms with Crippen molar-refractivity contribution in [3.63, 3.8) is 0 Å². The van der Waals surface area contributed by atoms with Gasteiger partial charge in [-0.3, -0.25) is 5.32 Å². The Morgan fingerprint density at radius 3 is 2.62 bits per heavy atom. The summed E-state index contributed by atoms with van der Waals surface area (Å²) in [5, 5.41) is 5.08. The molecule has 1 atom stereocenters. The monoisotopic (exact) mass is 244 g/mol. The van der Waals surface area contributed by atoms with Crippen molar-refractivity contribution in [1.29, 1.82) is 0 Å². The zero-order valence-electron chi connectivity index (χ0n) is 8.61. The minimum Gasteiger partial charge on any atom is -0.313 e. The molecule has 1 heterocycles. The van der Waals surface area contributed by atoms with E-state index in [1.54, 1.807) is 0 Å². The molecule has 1 unspecified atom stereocenters. The van der Waals surface area contributed by atoms with Gasteiger partial charge in [-0.15, -0.1) is 0 Å². The zero-order chi connectivity index (χ0) is 11.6. The molecule has 1 aliphatic rings. The maximum absolute atomic E-state index is 13.4. The molecule has 0 bridgehead atoms. The van der Waals surface area contributed by atoms with Gasteiger partial charge in [-0.2, -0.15) is 0 Å². The molecule has 4 nitrogen and oxygen atoms in total. The van der Waals surface area contributed by atoms with Crippen molar-refractivity contribution < 1.29 is 12.8 Å². The van der Waals surface area contributed by atoms with Gasteiger partial charge in [0.1, 0.15) is 16.1 Å². The SMILES string of the molecule is O=S(=O)(c1ccccc1F)C1CNCCN1. The van der Waals surface area contributed by atoms with Gasteiger partial charge in [0.2, 0.25) is 0 Å². The first-order chi connectivity index (χ1) is 7.62. The summed E-state index contributed by atoms with van der Waals surface area (Å²) in [4.78, 5) is -0.240. The lowest BCUT2D eigenvalue weighted by Crippen LogP contribution is -2.52. The van der Waals surface area contributed by atoms with Gasteiger partial charge >= 0.3 is 0 Å². The number of piperazine rings is 1. The third-order valence-electron chi connectivity index (χ3n) is 2.52. The fourth-order valence-electron chi connectivity index (χ4n) is 1.68. The first-order valence-electron chi connectivity index (χ1n) is 5.05. The number of nitrogens with one attached hydrogen (secondary N) is 2. The van der Waals surface area contributed by atoms with Crippen LogP contribution in [-0.4, -0.2) is 33.4 Å². The smallest absolute Gasteiger partial charge is 0.198 e. The van der Waals surface area contributed by atoms with Crippen molar-refractivity contribution >= 4 is 9.84 Å². The van der Waals surface area contributed by atoms with Crippen LogP contribution in [0.1, 0.15) is 0 Å². The van der Waals surface area contributed by atoms with Crippen LogP contribution in [0.3, 0.4) is 0 Å². The van der Waals surface area contributed by atoms with Crippen LogP contribution in [0, 0.1) is 5.82 Å². The maximum atomic E-state index is 13.4. The predicted molar refractivity (Wildman–Crippen MR) is 58.2 cm³/mol. The minimum atomic E-state index is -3.64.